The van der Waals surface area contributed by atoms with Crippen LogP contribution in [0.3, 0.4) is 0 Å². The molecule has 0 aromatic heterocycles. The SMILES string of the molecule is CC(=O)NC(=O)CC[C@H](N)C(=O)[O-].[Al+3]. The average Bonchev–Trinajstić information content (AvgIpc) is 1.98. The van der Waals surface area contributed by atoms with Gasteiger partial charge in [0, 0.05) is 19.4 Å². The van der Waals surface area contributed by atoms with E-state index in [0.29, 0.717) is 0 Å². The van der Waals surface area contributed by atoms with Gasteiger partial charge in [-0.2, -0.15) is 0 Å². The van der Waals surface area contributed by atoms with E-state index in [-0.39, 0.29) is 30.2 Å². The molecule has 74 valence electrons. The second-order valence-electron chi connectivity index (χ2n) is 2.57. The van der Waals surface area contributed by atoms with Gasteiger partial charge in [-0.15, -0.1) is 0 Å². The number of imide groups is 1. The minimum Gasteiger partial charge on any atom is -0.548 e. The zero-order valence-corrected chi connectivity index (χ0v) is 8.93. The van der Waals surface area contributed by atoms with Crippen molar-refractivity contribution in [2.45, 2.75) is 25.8 Å². The Bertz CT molecular complexity index is 232. The average molecular weight is 214 g/mol. The quantitative estimate of drug-likeness (QED) is 0.488. The Morgan fingerprint density at radius 1 is 1.43 bits per heavy atom. The van der Waals surface area contributed by atoms with Gasteiger partial charge in [0.1, 0.15) is 0 Å². The van der Waals surface area contributed by atoms with Gasteiger partial charge in [-0.1, -0.05) is 0 Å². The molecule has 0 fully saturated rings. The second kappa shape index (κ2) is 7.50. The van der Waals surface area contributed by atoms with Gasteiger partial charge in [-0.3, -0.25) is 14.9 Å². The van der Waals surface area contributed by atoms with Crippen LogP contribution in [-0.2, 0) is 14.4 Å². The first-order chi connectivity index (χ1) is 5.93. The van der Waals surface area contributed by atoms with Gasteiger partial charge in [0.15, 0.2) is 0 Å². The third-order valence-electron chi connectivity index (χ3n) is 1.30. The Morgan fingerprint density at radius 3 is 2.29 bits per heavy atom. The number of hydrogen-bond acceptors (Lipinski definition) is 5. The molecule has 2 amide bonds. The van der Waals surface area contributed by atoms with E-state index in [0.717, 1.165) is 0 Å². The van der Waals surface area contributed by atoms with E-state index in [9.17, 15) is 19.5 Å². The number of carboxylic acid groups (broad SMARTS) is 1. The molecule has 0 radical (unpaired) electrons. The fraction of sp³-hybridized carbons (Fsp3) is 0.571. The van der Waals surface area contributed by atoms with Crippen LogP contribution < -0.4 is 16.2 Å². The van der Waals surface area contributed by atoms with Crippen molar-refractivity contribution in [3.8, 4) is 0 Å². The van der Waals surface area contributed by atoms with Crippen LogP contribution in [0.4, 0.5) is 0 Å². The Balaban J connectivity index is 0. The van der Waals surface area contributed by atoms with Crippen LogP contribution in [0.5, 0.6) is 0 Å². The Kier molecular flexibility index (Phi) is 8.34. The molecule has 0 bridgehead atoms. The van der Waals surface area contributed by atoms with Crippen LogP contribution in [0.1, 0.15) is 19.8 Å². The van der Waals surface area contributed by atoms with Gasteiger partial charge in [-0.05, 0) is 6.42 Å². The molecule has 14 heavy (non-hydrogen) atoms. The summed E-state index contributed by atoms with van der Waals surface area (Å²) in [5, 5.41) is 12.1. The third-order valence-corrected chi connectivity index (χ3v) is 1.30. The van der Waals surface area contributed by atoms with E-state index < -0.39 is 23.8 Å². The van der Waals surface area contributed by atoms with Crippen LogP contribution in [-0.4, -0.2) is 41.2 Å². The predicted octanol–water partition coefficient (Wildman–Crippen LogP) is -2.87. The number of carbonyl (C=O) groups excluding carboxylic acids is 3. The minimum absolute atomic E-state index is 0. The fourth-order valence-corrected chi connectivity index (χ4v) is 0.663. The molecule has 0 heterocycles. The normalized spacial score (nSPS) is 11.0. The van der Waals surface area contributed by atoms with Gasteiger partial charge in [0.25, 0.3) is 0 Å². The number of nitrogens with two attached hydrogens (primary N) is 1. The monoisotopic (exact) mass is 214 g/mol. The van der Waals surface area contributed by atoms with E-state index in [1.54, 1.807) is 0 Å². The molecule has 3 N–H and O–H groups in total. The second-order valence-corrected chi connectivity index (χ2v) is 2.57. The summed E-state index contributed by atoms with van der Waals surface area (Å²) in [5.41, 5.74) is 5.07. The molecule has 0 saturated heterocycles. The summed E-state index contributed by atoms with van der Waals surface area (Å²) in [7, 11) is 0. The molecule has 1 atom stereocenters. The van der Waals surface area contributed by atoms with Crippen molar-refractivity contribution in [1.29, 1.82) is 0 Å². The largest absolute Gasteiger partial charge is 3.00 e. The third kappa shape index (κ3) is 7.74. The Morgan fingerprint density at radius 2 is 1.93 bits per heavy atom. The molecule has 0 spiro atoms. The molecule has 0 aliphatic rings. The standard InChI is InChI=1S/C7H12N2O4.Al/c1-4(10)9-6(11)3-2-5(8)7(12)13;/h5H,2-3,8H2,1H3,(H,12,13)(H,9,10,11);/q;+3/p-1/t5-;/m0./s1. The van der Waals surface area contributed by atoms with E-state index in [1.807, 2.05) is 5.32 Å². The van der Waals surface area contributed by atoms with Crippen molar-refractivity contribution in [3.05, 3.63) is 0 Å². The van der Waals surface area contributed by atoms with Crippen molar-refractivity contribution in [2.75, 3.05) is 0 Å². The maximum atomic E-state index is 10.8. The van der Waals surface area contributed by atoms with Crippen molar-refractivity contribution in [1.82, 2.24) is 5.32 Å². The molecular formula is C7H11AlN2O4+2. The summed E-state index contributed by atoms with van der Waals surface area (Å²) in [6, 6.07) is -1.17. The number of nitrogens with one attached hydrogen (secondary N) is 1. The number of aliphatic carboxylic acids is 1. The Labute approximate surface area is 92.0 Å². The van der Waals surface area contributed by atoms with E-state index in [4.69, 9.17) is 5.73 Å². The van der Waals surface area contributed by atoms with E-state index in [2.05, 4.69) is 0 Å². The number of carboxylic acids is 1. The molecule has 0 aliphatic carbocycles. The van der Waals surface area contributed by atoms with Crippen LogP contribution >= 0.6 is 0 Å². The van der Waals surface area contributed by atoms with Crippen molar-refractivity contribution in [3.63, 3.8) is 0 Å². The molecular weight excluding hydrogens is 203 g/mol. The van der Waals surface area contributed by atoms with Gasteiger partial charge in [0.05, 0.1) is 5.97 Å². The van der Waals surface area contributed by atoms with Gasteiger partial charge < -0.3 is 15.6 Å². The first-order valence-corrected chi connectivity index (χ1v) is 3.70. The minimum atomic E-state index is -1.41. The number of rotatable bonds is 4. The summed E-state index contributed by atoms with van der Waals surface area (Å²) in [6.07, 6.45) is -0.143. The maximum Gasteiger partial charge on any atom is 3.00 e. The first-order valence-electron chi connectivity index (χ1n) is 3.70. The number of carbonyl (C=O) groups is 3. The molecule has 0 saturated carbocycles. The molecule has 6 nitrogen and oxygen atoms in total. The molecule has 0 unspecified atom stereocenters. The molecule has 0 rings (SSSR count). The maximum absolute atomic E-state index is 10.8. The Hall–Kier alpha value is -0.898. The summed E-state index contributed by atoms with van der Waals surface area (Å²) in [5.74, 6) is -2.42. The zero-order valence-electron chi connectivity index (χ0n) is 7.78. The predicted molar refractivity (Wildman–Crippen MR) is 46.8 cm³/mol. The molecule has 0 aromatic carbocycles. The fourth-order valence-electron chi connectivity index (χ4n) is 0.663. The molecule has 0 aromatic rings. The number of amides is 2. The van der Waals surface area contributed by atoms with E-state index in [1.165, 1.54) is 6.92 Å². The van der Waals surface area contributed by atoms with Crippen LogP contribution in [0.2, 0.25) is 0 Å². The summed E-state index contributed by atoms with van der Waals surface area (Å²) >= 11 is 0. The zero-order chi connectivity index (χ0) is 10.4. The van der Waals surface area contributed by atoms with E-state index >= 15 is 0 Å². The van der Waals surface area contributed by atoms with Crippen molar-refractivity contribution < 1.29 is 19.5 Å². The van der Waals surface area contributed by atoms with Gasteiger partial charge in [0.2, 0.25) is 11.8 Å². The summed E-state index contributed by atoms with van der Waals surface area (Å²) in [6.45, 7) is 1.19. The summed E-state index contributed by atoms with van der Waals surface area (Å²) in [4.78, 5) is 31.2. The first kappa shape index (κ1) is 15.6. The number of hydrogen-bond donors (Lipinski definition) is 2. The topological polar surface area (TPSA) is 112 Å². The molecule has 0 aliphatic heterocycles. The van der Waals surface area contributed by atoms with Crippen LogP contribution in [0.15, 0.2) is 0 Å². The molecule has 7 heteroatoms. The van der Waals surface area contributed by atoms with Gasteiger partial charge >= 0.3 is 17.4 Å². The van der Waals surface area contributed by atoms with Crippen LogP contribution in [0.25, 0.3) is 0 Å². The smallest absolute Gasteiger partial charge is 0.548 e. The van der Waals surface area contributed by atoms with Gasteiger partial charge in [-0.25, -0.2) is 0 Å². The van der Waals surface area contributed by atoms with Crippen LogP contribution in [0, 0.1) is 0 Å². The van der Waals surface area contributed by atoms with Crippen molar-refractivity contribution in [2.24, 2.45) is 5.73 Å². The van der Waals surface area contributed by atoms with Crippen molar-refractivity contribution >= 4 is 35.1 Å². The summed E-state index contributed by atoms with van der Waals surface area (Å²) < 4.78 is 0.